The monoisotopic (exact) mass is 236 g/mol. The van der Waals surface area contributed by atoms with Gasteiger partial charge in [0.2, 0.25) is 0 Å². The summed E-state index contributed by atoms with van der Waals surface area (Å²) >= 11 is 0. The third kappa shape index (κ3) is 8.77. The molecule has 0 heterocycles. The highest BCUT2D eigenvalue weighted by atomic mass is 28.4. The van der Waals surface area contributed by atoms with E-state index < -0.39 is 8.80 Å². The van der Waals surface area contributed by atoms with Crippen LogP contribution in [0.3, 0.4) is 0 Å². The summed E-state index contributed by atoms with van der Waals surface area (Å²) in [5.74, 6) is 0. The van der Waals surface area contributed by atoms with Gasteiger partial charge in [0.25, 0.3) is 0 Å². The lowest BCUT2D eigenvalue weighted by Gasteiger charge is -2.23. The van der Waals surface area contributed by atoms with Crippen LogP contribution in [0.15, 0.2) is 12.7 Å². The summed E-state index contributed by atoms with van der Waals surface area (Å²) < 4.78 is 20.6. The van der Waals surface area contributed by atoms with Gasteiger partial charge in [0.1, 0.15) is 0 Å². The molecule has 0 spiro atoms. The maximum atomic E-state index is 5.22. The van der Waals surface area contributed by atoms with E-state index in [1.54, 1.807) is 34.5 Å². The predicted molar refractivity (Wildman–Crippen MR) is 64.0 cm³/mol. The van der Waals surface area contributed by atoms with E-state index in [2.05, 4.69) is 6.58 Å². The smallest absolute Gasteiger partial charge is 0.385 e. The molecule has 4 nitrogen and oxygen atoms in total. The summed E-state index contributed by atoms with van der Waals surface area (Å²) in [7, 11) is 4.19. The third-order valence-corrected chi connectivity index (χ3v) is 4.60. The van der Waals surface area contributed by atoms with Crippen molar-refractivity contribution in [2.24, 2.45) is 0 Å². The van der Waals surface area contributed by atoms with E-state index in [9.17, 15) is 0 Å². The SMILES string of the molecule is C=CC.COCCC[Si](OC)(OC)OC. The van der Waals surface area contributed by atoms with Gasteiger partial charge < -0.3 is 18.0 Å². The molecule has 0 bridgehead atoms. The van der Waals surface area contributed by atoms with E-state index in [1.165, 1.54) is 0 Å². The Balaban J connectivity index is 0. The molecule has 0 aliphatic heterocycles. The zero-order valence-electron chi connectivity index (χ0n) is 10.5. The zero-order chi connectivity index (χ0) is 12.2. The number of allylic oxidation sites excluding steroid dienone is 1. The molecule has 0 atom stereocenters. The van der Waals surface area contributed by atoms with Gasteiger partial charge in [0, 0.05) is 41.1 Å². The largest absolute Gasteiger partial charge is 0.500 e. The van der Waals surface area contributed by atoms with Gasteiger partial charge in [-0.25, -0.2) is 0 Å². The fraction of sp³-hybridized carbons (Fsp3) is 0.800. The van der Waals surface area contributed by atoms with Crippen molar-refractivity contribution < 1.29 is 18.0 Å². The lowest BCUT2D eigenvalue weighted by molar-refractivity contribution is 0.117. The third-order valence-electron chi connectivity index (χ3n) is 1.76. The summed E-state index contributed by atoms with van der Waals surface area (Å²) in [6.07, 6.45) is 2.65. The Morgan fingerprint density at radius 2 is 1.47 bits per heavy atom. The second-order valence-corrected chi connectivity index (χ2v) is 5.89. The topological polar surface area (TPSA) is 36.9 Å². The molecule has 0 aliphatic rings. The maximum absolute atomic E-state index is 5.22. The van der Waals surface area contributed by atoms with Crippen molar-refractivity contribution in [3.05, 3.63) is 12.7 Å². The van der Waals surface area contributed by atoms with Gasteiger partial charge in [0.15, 0.2) is 0 Å². The molecule has 5 heteroatoms. The molecule has 0 unspecified atom stereocenters. The fourth-order valence-electron chi connectivity index (χ4n) is 0.989. The summed E-state index contributed by atoms with van der Waals surface area (Å²) in [6, 6.07) is 0.796. The van der Waals surface area contributed by atoms with Crippen LogP contribution in [0.1, 0.15) is 13.3 Å². The minimum absolute atomic E-state index is 0.713. The Labute approximate surface area is 94.5 Å². The van der Waals surface area contributed by atoms with Crippen LogP contribution < -0.4 is 0 Å². The molecule has 0 radical (unpaired) electrons. The average Bonchev–Trinajstić information content (AvgIpc) is 2.27. The van der Waals surface area contributed by atoms with E-state index in [-0.39, 0.29) is 0 Å². The predicted octanol–water partition coefficient (Wildman–Crippen LogP) is 2.09. The molecular weight excluding hydrogens is 212 g/mol. The highest BCUT2D eigenvalue weighted by molar-refractivity contribution is 6.60. The van der Waals surface area contributed by atoms with Crippen LogP contribution in [0.4, 0.5) is 0 Å². The molecule has 0 aromatic heterocycles. The Hall–Kier alpha value is -0.203. The van der Waals surface area contributed by atoms with Gasteiger partial charge in [-0.1, -0.05) is 6.08 Å². The van der Waals surface area contributed by atoms with Gasteiger partial charge in [-0.05, 0) is 13.3 Å². The van der Waals surface area contributed by atoms with Gasteiger partial charge in [-0.15, -0.1) is 6.58 Å². The lowest BCUT2D eigenvalue weighted by atomic mass is 10.5. The molecule has 0 saturated heterocycles. The number of hydrogen-bond acceptors (Lipinski definition) is 4. The van der Waals surface area contributed by atoms with Crippen molar-refractivity contribution in [1.29, 1.82) is 0 Å². The molecule has 0 aliphatic carbocycles. The Bertz CT molecular complexity index is 129. The number of ether oxygens (including phenoxy) is 1. The molecule has 0 N–H and O–H groups in total. The van der Waals surface area contributed by atoms with Crippen molar-refractivity contribution in [3.63, 3.8) is 0 Å². The van der Waals surface area contributed by atoms with Crippen LogP contribution in [0, 0.1) is 0 Å². The van der Waals surface area contributed by atoms with Gasteiger partial charge >= 0.3 is 8.80 Å². The quantitative estimate of drug-likeness (QED) is 0.385. The van der Waals surface area contributed by atoms with E-state index >= 15 is 0 Å². The first-order valence-corrected chi connectivity index (χ1v) is 6.81. The van der Waals surface area contributed by atoms with Gasteiger partial charge in [-0.3, -0.25) is 0 Å². The first kappa shape index (κ1) is 17.2. The summed E-state index contributed by atoms with van der Waals surface area (Å²) in [4.78, 5) is 0. The van der Waals surface area contributed by atoms with Crippen molar-refractivity contribution in [1.82, 2.24) is 0 Å². The molecule has 0 aromatic rings. The molecule has 92 valence electrons. The van der Waals surface area contributed by atoms with Crippen LogP contribution in [0.25, 0.3) is 0 Å². The fourth-order valence-corrected chi connectivity index (χ4v) is 2.68. The van der Waals surface area contributed by atoms with Crippen LogP contribution in [-0.4, -0.2) is 43.9 Å². The second-order valence-electron chi connectivity index (χ2n) is 2.80. The highest BCUT2D eigenvalue weighted by Crippen LogP contribution is 2.14. The van der Waals surface area contributed by atoms with Crippen LogP contribution in [0.2, 0.25) is 6.04 Å². The van der Waals surface area contributed by atoms with Gasteiger partial charge in [-0.2, -0.15) is 0 Å². The van der Waals surface area contributed by atoms with Crippen LogP contribution in [-0.2, 0) is 18.0 Å². The van der Waals surface area contributed by atoms with Crippen molar-refractivity contribution in [3.8, 4) is 0 Å². The van der Waals surface area contributed by atoms with E-state index in [4.69, 9.17) is 18.0 Å². The standard InChI is InChI=1S/C7H18O4Si.C3H6/c1-8-6-5-7-12(9-2,10-3)11-4;1-3-2/h5-7H2,1-4H3;3H,1H2,2H3. The van der Waals surface area contributed by atoms with Crippen LogP contribution >= 0.6 is 0 Å². The first-order chi connectivity index (χ1) is 7.16. The molecule has 0 aromatic carbocycles. The first-order valence-electron chi connectivity index (χ1n) is 4.87. The average molecular weight is 236 g/mol. The minimum Gasteiger partial charge on any atom is -0.385 e. The molecule has 0 saturated carbocycles. The molecular formula is C10H24O4Si. The lowest BCUT2D eigenvalue weighted by Crippen LogP contribution is -2.42. The Morgan fingerprint density at radius 3 is 1.73 bits per heavy atom. The minimum atomic E-state index is -2.33. The molecule has 15 heavy (non-hydrogen) atoms. The Kier molecular flexibility index (Phi) is 13.6. The van der Waals surface area contributed by atoms with E-state index in [1.807, 2.05) is 6.92 Å². The Morgan fingerprint density at radius 1 is 1.07 bits per heavy atom. The van der Waals surface area contributed by atoms with Crippen molar-refractivity contribution in [2.75, 3.05) is 35.0 Å². The molecule has 0 amide bonds. The van der Waals surface area contributed by atoms with E-state index in [0.717, 1.165) is 12.5 Å². The number of methoxy groups -OCH3 is 1. The second kappa shape index (κ2) is 11.9. The maximum Gasteiger partial charge on any atom is 0.500 e. The van der Waals surface area contributed by atoms with Gasteiger partial charge in [0.05, 0.1) is 0 Å². The molecule has 0 rings (SSSR count). The summed E-state index contributed by atoms with van der Waals surface area (Å²) in [5.41, 5.74) is 0. The summed E-state index contributed by atoms with van der Waals surface area (Å²) in [5, 5.41) is 0. The normalized spacial score (nSPS) is 10.5. The van der Waals surface area contributed by atoms with Crippen LogP contribution in [0.5, 0.6) is 0 Å². The number of hydrogen-bond donors (Lipinski definition) is 0. The van der Waals surface area contributed by atoms with E-state index in [0.29, 0.717) is 6.61 Å². The van der Waals surface area contributed by atoms with Crippen molar-refractivity contribution in [2.45, 2.75) is 19.4 Å². The molecule has 0 fully saturated rings. The zero-order valence-corrected chi connectivity index (χ0v) is 11.5. The number of rotatable bonds is 7. The summed E-state index contributed by atoms with van der Waals surface area (Å²) in [6.45, 7) is 5.96. The highest BCUT2D eigenvalue weighted by Gasteiger charge is 2.36. The van der Waals surface area contributed by atoms with Crippen molar-refractivity contribution >= 4 is 8.80 Å².